The molecule has 22 heavy (non-hydrogen) atoms. The number of rotatable bonds is 10. The number of methoxy groups -OCH3 is 1. The van der Waals surface area contributed by atoms with E-state index >= 15 is 0 Å². The van der Waals surface area contributed by atoms with Crippen LogP contribution in [0.3, 0.4) is 0 Å². The summed E-state index contributed by atoms with van der Waals surface area (Å²) in [5.74, 6) is 1.31. The standard InChI is InChI=1S/C16H26N2O3.ClH/c1-13(2)14-4-6-15(7-5-14)21-11-9-18-16(19)12-17-8-10-20-3;/h4-7,13,17H,8-12H2,1-3H3,(H,18,19);1H. The topological polar surface area (TPSA) is 59.6 Å². The van der Waals surface area contributed by atoms with Gasteiger partial charge < -0.3 is 20.1 Å². The summed E-state index contributed by atoms with van der Waals surface area (Å²) in [4.78, 5) is 11.5. The molecule has 5 nitrogen and oxygen atoms in total. The van der Waals surface area contributed by atoms with Crippen molar-refractivity contribution in [2.45, 2.75) is 19.8 Å². The SMILES string of the molecule is COCCNCC(=O)NCCOc1ccc(C(C)C)cc1.Cl. The Morgan fingerprint density at radius 3 is 2.41 bits per heavy atom. The summed E-state index contributed by atoms with van der Waals surface area (Å²) >= 11 is 0. The van der Waals surface area contributed by atoms with Crippen LogP contribution in [0.15, 0.2) is 24.3 Å². The third kappa shape index (κ3) is 8.87. The first kappa shape index (κ1) is 20.7. The van der Waals surface area contributed by atoms with Gasteiger partial charge in [0.2, 0.25) is 5.91 Å². The summed E-state index contributed by atoms with van der Waals surface area (Å²) in [6, 6.07) is 8.06. The Bertz CT molecular complexity index is 410. The number of amides is 1. The van der Waals surface area contributed by atoms with Crippen molar-refractivity contribution >= 4 is 18.3 Å². The van der Waals surface area contributed by atoms with E-state index in [1.807, 2.05) is 12.1 Å². The lowest BCUT2D eigenvalue weighted by molar-refractivity contribution is -0.120. The molecule has 0 bridgehead atoms. The van der Waals surface area contributed by atoms with E-state index in [-0.39, 0.29) is 18.3 Å². The second kappa shape index (κ2) is 12.3. The van der Waals surface area contributed by atoms with Crippen molar-refractivity contribution < 1.29 is 14.3 Å². The molecule has 0 unspecified atom stereocenters. The third-order valence-electron chi connectivity index (χ3n) is 3.01. The van der Waals surface area contributed by atoms with Crippen LogP contribution in [0.5, 0.6) is 5.75 Å². The van der Waals surface area contributed by atoms with Crippen LogP contribution in [-0.4, -0.2) is 45.9 Å². The van der Waals surface area contributed by atoms with Gasteiger partial charge in [-0.05, 0) is 23.6 Å². The molecule has 0 heterocycles. The van der Waals surface area contributed by atoms with E-state index in [1.54, 1.807) is 7.11 Å². The first-order valence-corrected chi connectivity index (χ1v) is 7.32. The fourth-order valence-corrected chi connectivity index (χ4v) is 1.75. The van der Waals surface area contributed by atoms with Crippen molar-refractivity contribution in [3.8, 4) is 5.75 Å². The highest BCUT2D eigenvalue weighted by Gasteiger charge is 2.01. The molecular formula is C16H27ClN2O3. The summed E-state index contributed by atoms with van der Waals surface area (Å²) in [7, 11) is 1.63. The summed E-state index contributed by atoms with van der Waals surface area (Å²) in [5.41, 5.74) is 1.29. The molecule has 126 valence electrons. The highest BCUT2D eigenvalue weighted by Crippen LogP contribution is 2.18. The Morgan fingerprint density at radius 1 is 1.14 bits per heavy atom. The van der Waals surface area contributed by atoms with Crippen LogP contribution >= 0.6 is 12.4 Å². The normalized spacial score (nSPS) is 10.2. The van der Waals surface area contributed by atoms with Crippen LogP contribution in [0.2, 0.25) is 0 Å². The zero-order chi connectivity index (χ0) is 15.5. The van der Waals surface area contributed by atoms with Gasteiger partial charge in [-0.2, -0.15) is 0 Å². The molecule has 2 N–H and O–H groups in total. The predicted octanol–water partition coefficient (Wildman–Crippen LogP) is 1.96. The molecule has 0 radical (unpaired) electrons. The highest BCUT2D eigenvalue weighted by atomic mass is 35.5. The zero-order valence-electron chi connectivity index (χ0n) is 13.6. The number of hydrogen-bond acceptors (Lipinski definition) is 4. The molecule has 0 saturated carbocycles. The van der Waals surface area contributed by atoms with Crippen molar-refractivity contribution in [3.63, 3.8) is 0 Å². The Hall–Kier alpha value is -1.30. The molecular weight excluding hydrogens is 304 g/mol. The number of halogens is 1. The quantitative estimate of drug-likeness (QED) is 0.644. The molecule has 0 fully saturated rings. The van der Waals surface area contributed by atoms with Crippen molar-refractivity contribution in [2.75, 3.05) is 40.0 Å². The summed E-state index contributed by atoms with van der Waals surface area (Å²) < 4.78 is 10.5. The van der Waals surface area contributed by atoms with Gasteiger partial charge in [0.15, 0.2) is 0 Å². The second-order valence-corrected chi connectivity index (χ2v) is 5.09. The summed E-state index contributed by atoms with van der Waals surface area (Å²) in [5, 5.41) is 5.78. The number of hydrogen-bond donors (Lipinski definition) is 2. The van der Waals surface area contributed by atoms with Gasteiger partial charge in [0, 0.05) is 13.7 Å². The molecule has 1 rings (SSSR count). The number of benzene rings is 1. The van der Waals surface area contributed by atoms with Crippen molar-refractivity contribution in [1.29, 1.82) is 0 Å². The highest BCUT2D eigenvalue weighted by molar-refractivity contribution is 5.85. The fraction of sp³-hybridized carbons (Fsp3) is 0.562. The predicted molar refractivity (Wildman–Crippen MR) is 91.0 cm³/mol. The van der Waals surface area contributed by atoms with E-state index < -0.39 is 0 Å². The van der Waals surface area contributed by atoms with E-state index in [4.69, 9.17) is 9.47 Å². The number of carbonyl (C=O) groups is 1. The van der Waals surface area contributed by atoms with Crippen LogP contribution in [0.4, 0.5) is 0 Å². The Labute approximate surface area is 139 Å². The lowest BCUT2D eigenvalue weighted by Gasteiger charge is -2.10. The van der Waals surface area contributed by atoms with E-state index in [0.717, 1.165) is 5.75 Å². The average Bonchev–Trinajstić information content (AvgIpc) is 2.48. The molecule has 0 atom stereocenters. The van der Waals surface area contributed by atoms with Crippen LogP contribution in [0.1, 0.15) is 25.3 Å². The maximum Gasteiger partial charge on any atom is 0.234 e. The smallest absolute Gasteiger partial charge is 0.234 e. The van der Waals surface area contributed by atoms with Crippen LogP contribution in [0.25, 0.3) is 0 Å². The van der Waals surface area contributed by atoms with Gasteiger partial charge in [-0.3, -0.25) is 4.79 Å². The van der Waals surface area contributed by atoms with E-state index in [2.05, 4.69) is 36.6 Å². The fourth-order valence-electron chi connectivity index (χ4n) is 1.75. The molecule has 1 amide bonds. The summed E-state index contributed by atoms with van der Waals surface area (Å²) in [6.07, 6.45) is 0. The lowest BCUT2D eigenvalue weighted by Crippen LogP contribution is -2.37. The molecule has 0 spiro atoms. The molecule has 0 aliphatic rings. The average molecular weight is 331 g/mol. The van der Waals surface area contributed by atoms with Crippen LogP contribution in [0, 0.1) is 0 Å². The minimum atomic E-state index is -0.0372. The molecule has 0 aromatic heterocycles. The van der Waals surface area contributed by atoms with E-state index in [0.29, 0.717) is 38.8 Å². The van der Waals surface area contributed by atoms with E-state index in [9.17, 15) is 4.79 Å². The number of carbonyl (C=O) groups excluding carboxylic acids is 1. The summed E-state index contributed by atoms with van der Waals surface area (Å²) in [6.45, 7) is 6.84. The van der Waals surface area contributed by atoms with Gasteiger partial charge in [0.25, 0.3) is 0 Å². The van der Waals surface area contributed by atoms with Gasteiger partial charge in [0.05, 0.1) is 19.7 Å². The molecule has 0 aliphatic carbocycles. The van der Waals surface area contributed by atoms with E-state index in [1.165, 1.54) is 5.56 Å². The zero-order valence-corrected chi connectivity index (χ0v) is 14.4. The maximum atomic E-state index is 11.5. The first-order chi connectivity index (χ1) is 10.1. The van der Waals surface area contributed by atoms with Crippen LogP contribution < -0.4 is 15.4 Å². The third-order valence-corrected chi connectivity index (χ3v) is 3.01. The molecule has 0 aliphatic heterocycles. The molecule has 1 aromatic rings. The molecule has 0 saturated heterocycles. The largest absolute Gasteiger partial charge is 0.492 e. The van der Waals surface area contributed by atoms with Crippen molar-refractivity contribution in [1.82, 2.24) is 10.6 Å². The van der Waals surface area contributed by atoms with Gasteiger partial charge in [-0.25, -0.2) is 0 Å². The van der Waals surface area contributed by atoms with Gasteiger partial charge >= 0.3 is 0 Å². The maximum absolute atomic E-state index is 11.5. The Balaban J connectivity index is 0.00000441. The van der Waals surface area contributed by atoms with Crippen molar-refractivity contribution in [3.05, 3.63) is 29.8 Å². The first-order valence-electron chi connectivity index (χ1n) is 7.32. The van der Waals surface area contributed by atoms with Gasteiger partial charge in [-0.15, -0.1) is 12.4 Å². The number of ether oxygens (including phenoxy) is 2. The minimum absolute atomic E-state index is 0. The van der Waals surface area contributed by atoms with Crippen LogP contribution in [-0.2, 0) is 9.53 Å². The number of nitrogens with one attached hydrogen (secondary N) is 2. The molecule has 6 heteroatoms. The second-order valence-electron chi connectivity index (χ2n) is 5.09. The van der Waals surface area contributed by atoms with Crippen molar-refractivity contribution in [2.24, 2.45) is 0 Å². The Kier molecular flexibility index (Phi) is 11.5. The Morgan fingerprint density at radius 2 is 1.82 bits per heavy atom. The monoisotopic (exact) mass is 330 g/mol. The van der Waals surface area contributed by atoms with Gasteiger partial charge in [-0.1, -0.05) is 26.0 Å². The molecule has 1 aromatic carbocycles. The minimum Gasteiger partial charge on any atom is -0.492 e. The van der Waals surface area contributed by atoms with Gasteiger partial charge in [0.1, 0.15) is 12.4 Å². The lowest BCUT2D eigenvalue weighted by atomic mass is 10.0.